The van der Waals surface area contributed by atoms with Crippen LogP contribution >= 0.6 is 11.6 Å². The van der Waals surface area contributed by atoms with Gasteiger partial charge in [-0.15, -0.1) is 0 Å². The van der Waals surface area contributed by atoms with Gasteiger partial charge in [0, 0.05) is 19.5 Å². The summed E-state index contributed by atoms with van der Waals surface area (Å²) in [7, 11) is 0. The summed E-state index contributed by atoms with van der Waals surface area (Å²) in [6.07, 6.45) is 4.33. The number of unbranched alkanes of at least 4 members (excludes halogenated alkanes) is 1. The van der Waals surface area contributed by atoms with E-state index in [0.29, 0.717) is 31.8 Å². The van der Waals surface area contributed by atoms with Crippen LogP contribution in [0.25, 0.3) is 0 Å². The largest absolute Gasteiger partial charge is 0.481 e. The van der Waals surface area contributed by atoms with Crippen molar-refractivity contribution < 1.29 is 14.7 Å². The van der Waals surface area contributed by atoms with E-state index in [2.05, 4.69) is 22.1 Å². The quantitative estimate of drug-likeness (QED) is 0.625. The highest BCUT2D eigenvalue weighted by Crippen LogP contribution is 2.16. The lowest BCUT2D eigenvalue weighted by Gasteiger charge is -2.23. The van der Waals surface area contributed by atoms with Gasteiger partial charge >= 0.3 is 5.97 Å². The molecule has 0 unspecified atom stereocenters. The molecule has 0 aliphatic rings. The Bertz CT molecular complexity index is 768. The standard InChI is InChI=1S/C20H24ClN3O3/c1-15-22-14-17(21)19(23-15)20(27)24(12-6-5-11-18(25)26)13-7-10-16-8-3-2-4-9-16/h2-4,8-9,14H,5-7,10-13H2,1H3,(H,25,26). The van der Waals surface area contributed by atoms with E-state index in [0.717, 1.165) is 12.8 Å². The number of carbonyl (C=O) groups is 2. The number of halogens is 1. The number of aliphatic carboxylic acids is 1. The van der Waals surface area contributed by atoms with Gasteiger partial charge in [-0.1, -0.05) is 41.9 Å². The number of hydrogen-bond donors (Lipinski definition) is 1. The van der Waals surface area contributed by atoms with Crippen LogP contribution < -0.4 is 0 Å². The monoisotopic (exact) mass is 389 g/mol. The van der Waals surface area contributed by atoms with Crippen molar-refractivity contribution in [2.75, 3.05) is 13.1 Å². The molecule has 1 aromatic carbocycles. The molecular formula is C20H24ClN3O3. The first-order valence-corrected chi connectivity index (χ1v) is 9.39. The fraction of sp³-hybridized carbons (Fsp3) is 0.400. The first-order chi connectivity index (χ1) is 13.0. The minimum atomic E-state index is -0.827. The summed E-state index contributed by atoms with van der Waals surface area (Å²) in [5.74, 6) is -0.585. The van der Waals surface area contributed by atoms with Crippen LogP contribution in [0.15, 0.2) is 36.5 Å². The molecule has 1 heterocycles. The second kappa shape index (κ2) is 10.6. The van der Waals surface area contributed by atoms with Gasteiger partial charge in [0.2, 0.25) is 0 Å². The highest BCUT2D eigenvalue weighted by atomic mass is 35.5. The van der Waals surface area contributed by atoms with Gasteiger partial charge in [-0.25, -0.2) is 9.97 Å². The Labute approximate surface area is 164 Å². The Hall–Kier alpha value is -2.47. The van der Waals surface area contributed by atoms with E-state index >= 15 is 0 Å². The van der Waals surface area contributed by atoms with Crippen molar-refractivity contribution in [1.29, 1.82) is 0 Å². The number of aromatic nitrogens is 2. The smallest absolute Gasteiger partial charge is 0.303 e. The number of carboxylic acid groups (broad SMARTS) is 1. The van der Waals surface area contributed by atoms with Crippen LogP contribution in [-0.4, -0.2) is 44.9 Å². The van der Waals surface area contributed by atoms with Crippen molar-refractivity contribution in [2.24, 2.45) is 0 Å². The zero-order valence-electron chi connectivity index (χ0n) is 15.4. The molecule has 1 amide bonds. The number of rotatable bonds is 10. The Morgan fingerprint density at radius 3 is 2.52 bits per heavy atom. The van der Waals surface area contributed by atoms with Gasteiger partial charge in [-0.05, 0) is 38.2 Å². The molecule has 2 rings (SSSR count). The third-order valence-corrected chi connectivity index (χ3v) is 4.44. The van der Waals surface area contributed by atoms with E-state index in [1.807, 2.05) is 18.2 Å². The Morgan fingerprint density at radius 1 is 1.11 bits per heavy atom. The minimum absolute atomic E-state index is 0.0966. The highest BCUT2D eigenvalue weighted by molar-refractivity contribution is 6.33. The Kier molecular flexibility index (Phi) is 8.20. The summed E-state index contributed by atoms with van der Waals surface area (Å²) in [6, 6.07) is 10.1. The molecule has 27 heavy (non-hydrogen) atoms. The summed E-state index contributed by atoms with van der Waals surface area (Å²) in [6.45, 7) is 2.74. The minimum Gasteiger partial charge on any atom is -0.481 e. The van der Waals surface area contributed by atoms with E-state index in [-0.39, 0.29) is 23.0 Å². The summed E-state index contributed by atoms with van der Waals surface area (Å²) in [4.78, 5) is 33.5. The second-order valence-electron chi connectivity index (χ2n) is 6.35. The maximum absolute atomic E-state index is 12.9. The maximum atomic E-state index is 12.9. The number of benzene rings is 1. The summed E-state index contributed by atoms with van der Waals surface area (Å²) < 4.78 is 0. The predicted molar refractivity (Wildman–Crippen MR) is 104 cm³/mol. The van der Waals surface area contributed by atoms with Crippen LogP contribution in [0.1, 0.15) is 47.6 Å². The molecule has 2 aromatic rings. The van der Waals surface area contributed by atoms with Gasteiger partial charge in [-0.2, -0.15) is 0 Å². The molecule has 6 nitrogen and oxygen atoms in total. The SMILES string of the molecule is Cc1ncc(Cl)c(C(=O)N(CCCCC(=O)O)CCCc2ccccc2)n1. The molecule has 0 atom stereocenters. The lowest BCUT2D eigenvalue weighted by Crippen LogP contribution is -2.34. The number of nitrogens with zero attached hydrogens (tertiary/aromatic N) is 3. The van der Waals surface area contributed by atoms with Gasteiger partial charge in [0.1, 0.15) is 5.82 Å². The van der Waals surface area contributed by atoms with Crippen molar-refractivity contribution in [3.8, 4) is 0 Å². The molecule has 0 radical (unpaired) electrons. The lowest BCUT2D eigenvalue weighted by atomic mass is 10.1. The molecular weight excluding hydrogens is 366 g/mol. The van der Waals surface area contributed by atoms with Crippen LogP contribution in [0.4, 0.5) is 0 Å². The fourth-order valence-corrected chi connectivity index (χ4v) is 2.94. The summed E-state index contributed by atoms with van der Waals surface area (Å²) in [5, 5.41) is 9.01. The first-order valence-electron chi connectivity index (χ1n) is 9.01. The van der Waals surface area contributed by atoms with E-state index in [4.69, 9.17) is 16.7 Å². The third-order valence-electron chi connectivity index (χ3n) is 4.16. The molecule has 1 aromatic heterocycles. The topological polar surface area (TPSA) is 83.4 Å². The second-order valence-corrected chi connectivity index (χ2v) is 6.75. The number of carboxylic acids is 1. The third kappa shape index (κ3) is 6.98. The molecule has 0 saturated heterocycles. The van der Waals surface area contributed by atoms with Crippen molar-refractivity contribution in [3.05, 3.63) is 58.6 Å². The number of aryl methyl sites for hydroxylation is 2. The zero-order valence-corrected chi connectivity index (χ0v) is 16.2. The van der Waals surface area contributed by atoms with Gasteiger partial charge in [0.25, 0.3) is 5.91 Å². The molecule has 0 spiro atoms. The summed E-state index contributed by atoms with van der Waals surface area (Å²) in [5.41, 5.74) is 1.41. The van der Waals surface area contributed by atoms with E-state index in [1.54, 1.807) is 11.8 Å². The zero-order chi connectivity index (χ0) is 19.6. The average molecular weight is 390 g/mol. The highest BCUT2D eigenvalue weighted by Gasteiger charge is 2.20. The molecule has 0 bridgehead atoms. The molecule has 1 N–H and O–H groups in total. The van der Waals surface area contributed by atoms with Crippen LogP contribution in [-0.2, 0) is 11.2 Å². The van der Waals surface area contributed by atoms with Crippen molar-refractivity contribution in [3.63, 3.8) is 0 Å². The van der Waals surface area contributed by atoms with Gasteiger partial charge in [0.05, 0.1) is 11.2 Å². The van der Waals surface area contributed by atoms with Crippen LogP contribution in [0.5, 0.6) is 0 Å². The van der Waals surface area contributed by atoms with Crippen LogP contribution in [0, 0.1) is 6.92 Å². The average Bonchev–Trinajstić information content (AvgIpc) is 2.65. The fourth-order valence-electron chi connectivity index (χ4n) is 2.77. The van der Waals surface area contributed by atoms with E-state index in [9.17, 15) is 9.59 Å². The normalized spacial score (nSPS) is 10.6. The Balaban J connectivity index is 2.02. The molecule has 0 aliphatic heterocycles. The van der Waals surface area contributed by atoms with E-state index in [1.165, 1.54) is 11.8 Å². The predicted octanol–water partition coefficient (Wildman–Crippen LogP) is 3.77. The number of amides is 1. The first kappa shape index (κ1) is 20.8. The molecule has 0 fully saturated rings. The summed E-state index contributed by atoms with van der Waals surface area (Å²) >= 11 is 6.12. The van der Waals surface area contributed by atoms with Crippen LogP contribution in [0.2, 0.25) is 5.02 Å². The van der Waals surface area contributed by atoms with Gasteiger partial charge < -0.3 is 10.0 Å². The molecule has 7 heteroatoms. The van der Waals surface area contributed by atoms with Gasteiger partial charge in [0.15, 0.2) is 5.69 Å². The van der Waals surface area contributed by atoms with Crippen molar-refractivity contribution in [2.45, 2.75) is 39.0 Å². The van der Waals surface area contributed by atoms with E-state index < -0.39 is 5.97 Å². The molecule has 144 valence electrons. The van der Waals surface area contributed by atoms with Crippen molar-refractivity contribution in [1.82, 2.24) is 14.9 Å². The van der Waals surface area contributed by atoms with Gasteiger partial charge in [-0.3, -0.25) is 9.59 Å². The maximum Gasteiger partial charge on any atom is 0.303 e. The molecule has 0 aliphatic carbocycles. The van der Waals surface area contributed by atoms with Crippen LogP contribution in [0.3, 0.4) is 0 Å². The molecule has 0 saturated carbocycles. The number of hydrogen-bond acceptors (Lipinski definition) is 4. The lowest BCUT2D eigenvalue weighted by molar-refractivity contribution is -0.137. The van der Waals surface area contributed by atoms with Crippen molar-refractivity contribution >= 4 is 23.5 Å². The Morgan fingerprint density at radius 2 is 1.81 bits per heavy atom. The number of carbonyl (C=O) groups excluding carboxylic acids is 1.